The van der Waals surface area contributed by atoms with Crippen molar-refractivity contribution < 1.29 is 10.2 Å². The van der Waals surface area contributed by atoms with E-state index in [9.17, 15) is 10.2 Å². The first-order valence-electron chi connectivity index (χ1n) is 6.09. The molecule has 0 spiro atoms. The summed E-state index contributed by atoms with van der Waals surface area (Å²) in [6, 6.07) is 3.57. The molecule has 0 fully saturated rings. The van der Waals surface area contributed by atoms with Gasteiger partial charge in [0.1, 0.15) is 5.75 Å². The molecule has 3 heteroatoms. The molecular weight excluding hydrogens is 214 g/mol. The molecule has 0 aliphatic rings. The first-order valence-corrected chi connectivity index (χ1v) is 6.09. The van der Waals surface area contributed by atoms with Crippen LogP contribution in [-0.4, -0.2) is 23.4 Å². The molecule has 96 valence electrons. The fourth-order valence-corrected chi connectivity index (χ4v) is 2.27. The second-order valence-electron chi connectivity index (χ2n) is 4.92. The fraction of sp³-hybridized carbons (Fsp3) is 0.571. The number of aliphatic hydroxyl groups is 1. The number of benzene rings is 1. The maximum absolute atomic E-state index is 9.49. The highest BCUT2D eigenvalue weighted by atomic mass is 16.3. The minimum Gasteiger partial charge on any atom is -0.508 e. The van der Waals surface area contributed by atoms with Gasteiger partial charge < -0.3 is 15.9 Å². The molecule has 17 heavy (non-hydrogen) atoms. The van der Waals surface area contributed by atoms with E-state index in [0.29, 0.717) is 18.2 Å². The van der Waals surface area contributed by atoms with Crippen LogP contribution in [0.4, 0.5) is 0 Å². The molecule has 0 amide bonds. The molecule has 0 aromatic heterocycles. The lowest BCUT2D eigenvalue weighted by atomic mass is 9.86. The first kappa shape index (κ1) is 14.0. The maximum Gasteiger partial charge on any atom is 0.116 e. The highest BCUT2D eigenvalue weighted by molar-refractivity contribution is 5.40. The normalized spacial score (nSPS) is 14.6. The predicted octanol–water partition coefficient (Wildman–Crippen LogP) is 1.75. The van der Waals surface area contributed by atoms with E-state index < -0.39 is 0 Å². The quantitative estimate of drug-likeness (QED) is 0.731. The van der Waals surface area contributed by atoms with E-state index >= 15 is 0 Å². The third-order valence-electron chi connectivity index (χ3n) is 3.55. The van der Waals surface area contributed by atoms with Gasteiger partial charge in [0.2, 0.25) is 0 Å². The number of phenols is 1. The molecule has 1 aromatic carbocycles. The van der Waals surface area contributed by atoms with Gasteiger partial charge in [-0.15, -0.1) is 0 Å². The zero-order valence-electron chi connectivity index (χ0n) is 10.9. The van der Waals surface area contributed by atoms with Crippen LogP contribution in [0.25, 0.3) is 0 Å². The predicted molar refractivity (Wildman–Crippen MR) is 70.1 cm³/mol. The Bertz CT molecular complexity index is 349. The van der Waals surface area contributed by atoms with Gasteiger partial charge in [0.25, 0.3) is 0 Å². The van der Waals surface area contributed by atoms with E-state index in [-0.39, 0.29) is 12.5 Å². The van der Waals surface area contributed by atoms with Gasteiger partial charge >= 0.3 is 0 Å². The van der Waals surface area contributed by atoms with Crippen molar-refractivity contribution in [2.45, 2.75) is 27.2 Å². The lowest BCUT2D eigenvalue weighted by molar-refractivity contribution is 0.187. The van der Waals surface area contributed by atoms with Gasteiger partial charge in [-0.1, -0.05) is 6.92 Å². The van der Waals surface area contributed by atoms with Gasteiger partial charge in [-0.2, -0.15) is 0 Å². The first-order chi connectivity index (χ1) is 7.99. The summed E-state index contributed by atoms with van der Waals surface area (Å²) >= 11 is 0. The van der Waals surface area contributed by atoms with Crippen molar-refractivity contribution in [3.63, 3.8) is 0 Å². The van der Waals surface area contributed by atoms with Crippen molar-refractivity contribution in [1.29, 1.82) is 0 Å². The molecule has 0 saturated carbocycles. The van der Waals surface area contributed by atoms with Crippen LogP contribution in [0.15, 0.2) is 12.1 Å². The van der Waals surface area contributed by atoms with Gasteiger partial charge in [0.05, 0.1) is 0 Å². The Kier molecular flexibility index (Phi) is 4.97. The molecule has 2 unspecified atom stereocenters. The van der Waals surface area contributed by atoms with Crippen molar-refractivity contribution in [1.82, 2.24) is 0 Å². The molecule has 0 radical (unpaired) electrons. The molecule has 0 saturated heterocycles. The molecule has 1 aromatic rings. The molecule has 4 N–H and O–H groups in total. The molecule has 0 aliphatic carbocycles. The summed E-state index contributed by atoms with van der Waals surface area (Å²) in [6.07, 6.45) is 0.889. The van der Waals surface area contributed by atoms with Gasteiger partial charge in [-0.25, -0.2) is 0 Å². The largest absolute Gasteiger partial charge is 0.508 e. The smallest absolute Gasteiger partial charge is 0.116 e. The number of phenolic OH excluding ortho intramolecular Hbond substituents is 1. The zero-order valence-corrected chi connectivity index (χ0v) is 10.9. The summed E-state index contributed by atoms with van der Waals surface area (Å²) in [7, 11) is 0. The van der Waals surface area contributed by atoms with E-state index in [2.05, 4.69) is 6.92 Å². The highest BCUT2D eigenvalue weighted by Gasteiger charge is 2.17. The fourth-order valence-electron chi connectivity index (χ4n) is 2.27. The number of hydrogen-bond acceptors (Lipinski definition) is 3. The van der Waals surface area contributed by atoms with Crippen molar-refractivity contribution in [2.24, 2.45) is 17.6 Å². The number of aryl methyl sites for hydroxylation is 2. The summed E-state index contributed by atoms with van der Waals surface area (Å²) in [5.41, 5.74) is 9.09. The molecule has 1 rings (SSSR count). The zero-order chi connectivity index (χ0) is 13.0. The molecule has 0 heterocycles. The Morgan fingerprint density at radius 1 is 1.24 bits per heavy atom. The van der Waals surface area contributed by atoms with E-state index in [4.69, 9.17) is 5.73 Å². The molecule has 2 atom stereocenters. The summed E-state index contributed by atoms with van der Waals surface area (Å²) in [5, 5.41) is 18.7. The summed E-state index contributed by atoms with van der Waals surface area (Å²) in [4.78, 5) is 0. The Morgan fingerprint density at radius 2 is 1.76 bits per heavy atom. The number of aromatic hydroxyl groups is 1. The van der Waals surface area contributed by atoms with Gasteiger partial charge in [0.15, 0.2) is 0 Å². The lowest BCUT2D eigenvalue weighted by Gasteiger charge is -2.22. The number of nitrogens with two attached hydrogens (primary N) is 1. The maximum atomic E-state index is 9.49. The second kappa shape index (κ2) is 6.03. The minimum absolute atomic E-state index is 0.133. The van der Waals surface area contributed by atoms with Crippen LogP contribution in [0.1, 0.15) is 23.6 Å². The van der Waals surface area contributed by atoms with Gasteiger partial charge in [-0.3, -0.25) is 0 Å². The number of aliphatic hydroxyl groups excluding tert-OH is 1. The highest BCUT2D eigenvalue weighted by Crippen LogP contribution is 2.25. The van der Waals surface area contributed by atoms with E-state index in [1.54, 1.807) is 12.1 Å². The molecule has 3 nitrogen and oxygen atoms in total. The topological polar surface area (TPSA) is 66.5 Å². The summed E-state index contributed by atoms with van der Waals surface area (Å²) < 4.78 is 0. The lowest BCUT2D eigenvalue weighted by Crippen LogP contribution is -2.26. The Labute approximate surface area is 103 Å². The third-order valence-corrected chi connectivity index (χ3v) is 3.55. The molecule has 0 aliphatic heterocycles. The van der Waals surface area contributed by atoms with Crippen LogP contribution >= 0.6 is 0 Å². The van der Waals surface area contributed by atoms with Crippen molar-refractivity contribution in [3.8, 4) is 5.75 Å². The minimum atomic E-state index is 0.133. The average Bonchev–Trinajstić information content (AvgIpc) is 2.25. The number of hydrogen-bond donors (Lipinski definition) is 3. The standard InChI is InChI=1S/C14H23NO2/c1-9(12(7-15)8-16)6-14-10(2)4-13(17)5-11(14)3/h4-5,9,12,16-17H,6-8,15H2,1-3H3. The van der Waals surface area contributed by atoms with Crippen molar-refractivity contribution >= 4 is 0 Å². The molecule has 0 bridgehead atoms. The van der Waals surface area contributed by atoms with Gasteiger partial charge in [0, 0.05) is 6.61 Å². The SMILES string of the molecule is Cc1cc(O)cc(C)c1CC(C)C(CN)CO. The van der Waals surface area contributed by atoms with Crippen LogP contribution in [0, 0.1) is 25.7 Å². The van der Waals surface area contributed by atoms with Crippen LogP contribution in [0.2, 0.25) is 0 Å². The Hall–Kier alpha value is -1.06. The van der Waals surface area contributed by atoms with Crippen LogP contribution in [0.3, 0.4) is 0 Å². The van der Waals surface area contributed by atoms with Gasteiger partial charge in [-0.05, 0) is 67.5 Å². The van der Waals surface area contributed by atoms with E-state index in [1.807, 2.05) is 13.8 Å². The number of rotatable bonds is 5. The summed E-state index contributed by atoms with van der Waals surface area (Å²) in [5.74, 6) is 0.795. The summed E-state index contributed by atoms with van der Waals surface area (Å²) in [6.45, 7) is 6.76. The monoisotopic (exact) mass is 237 g/mol. The van der Waals surface area contributed by atoms with Crippen LogP contribution in [0.5, 0.6) is 5.75 Å². The van der Waals surface area contributed by atoms with E-state index in [0.717, 1.165) is 17.5 Å². The van der Waals surface area contributed by atoms with Crippen molar-refractivity contribution in [3.05, 3.63) is 28.8 Å². The van der Waals surface area contributed by atoms with Crippen molar-refractivity contribution in [2.75, 3.05) is 13.2 Å². The van der Waals surface area contributed by atoms with Crippen LogP contribution in [-0.2, 0) is 6.42 Å². The van der Waals surface area contributed by atoms with Crippen LogP contribution < -0.4 is 5.73 Å². The Balaban J connectivity index is 2.88. The van der Waals surface area contributed by atoms with E-state index in [1.165, 1.54) is 5.56 Å². The third kappa shape index (κ3) is 3.45. The second-order valence-corrected chi connectivity index (χ2v) is 4.92. The molecular formula is C14H23NO2. The Morgan fingerprint density at radius 3 is 2.18 bits per heavy atom. The average molecular weight is 237 g/mol.